The Morgan fingerprint density at radius 3 is 1.88 bits per heavy atom. The maximum atomic E-state index is 13.5. The first-order valence-electron chi connectivity index (χ1n) is 11.0. The van der Waals surface area contributed by atoms with Crippen molar-refractivity contribution in [2.75, 3.05) is 10.6 Å². The van der Waals surface area contributed by atoms with E-state index in [1.807, 2.05) is 12.1 Å². The number of halogens is 1. The highest BCUT2D eigenvalue weighted by Crippen LogP contribution is 2.46. The third kappa shape index (κ3) is 5.03. The molecular weight excluding hydrogens is 452 g/mol. The number of hydrogen-bond acceptors (Lipinski definition) is 4. The zero-order valence-electron chi connectivity index (χ0n) is 18.6. The minimum absolute atomic E-state index is 0.323. The maximum Gasteiger partial charge on any atom is 0.235 e. The fraction of sp³-hybridized carbons (Fsp3) is 0.222. The largest absolute Gasteiger partial charge is 0.389 e. The molecule has 7 heteroatoms. The summed E-state index contributed by atoms with van der Waals surface area (Å²) >= 11 is 6.07. The summed E-state index contributed by atoms with van der Waals surface area (Å²) in [4.78, 5) is 40.2. The zero-order valence-corrected chi connectivity index (χ0v) is 19.3. The topological polar surface area (TPSA) is 95.5 Å². The van der Waals surface area contributed by atoms with E-state index >= 15 is 0 Å². The van der Waals surface area contributed by atoms with Crippen LogP contribution in [0.4, 0.5) is 11.4 Å². The van der Waals surface area contributed by atoms with Gasteiger partial charge < -0.3 is 15.7 Å². The predicted molar refractivity (Wildman–Crippen MR) is 132 cm³/mol. The molecule has 0 heterocycles. The summed E-state index contributed by atoms with van der Waals surface area (Å²) in [7, 11) is 0. The molecule has 0 saturated heterocycles. The number of rotatable bonds is 5. The van der Waals surface area contributed by atoms with Gasteiger partial charge in [0.2, 0.25) is 11.8 Å². The molecular formula is C27H25ClN2O4. The van der Waals surface area contributed by atoms with Crippen LogP contribution < -0.4 is 10.6 Å². The monoisotopic (exact) mass is 476 g/mol. The molecule has 4 unspecified atom stereocenters. The zero-order chi connectivity index (χ0) is 24.3. The van der Waals surface area contributed by atoms with Crippen molar-refractivity contribution in [3.8, 4) is 0 Å². The van der Waals surface area contributed by atoms with Crippen LogP contribution in [0.2, 0.25) is 5.02 Å². The van der Waals surface area contributed by atoms with Gasteiger partial charge in [0, 0.05) is 28.7 Å². The highest BCUT2D eigenvalue weighted by molar-refractivity contribution is 6.30. The average Bonchev–Trinajstić information content (AvgIpc) is 2.79. The summed E-state index contributed by atoms with van der Waals surface area (Å²) in [5.41, 5.74) is 0.00122. The van der Waals surface area contributed by atoms with Gasteiger partial charge in [-0.05, 0) is 48.9 Å². The molecule has 4 atom stereocenters. The van der Waals surface area contributed by atoms with Gasteiger partial charge in [-0.3, -0.25) is 14.4 Å². The molecule has 0 bridgehead atoms. The minimum Gasteiger partial charge on any atom is -0.389 e. The Hall–Kier alpha value is -3.48. The van der Waals surface area contributed by atoms with E-state index in [0.29, 0.717) is 22.0 Å². The second kappa shape index (κ2) is 9.79. The second-order valence-corrected chi connectivity index (χ2v) is 9.18. The number of carbonyl (C=O) groups excluding carboxylic acids is 3. The highest BCUT2D eigenvalue weighted by atomic mass is 35.5. The number of para-hydroxylation sites is 2. The van der Waals surface area contributed by atoms with Crippen LogP contribution in [0.5, 0.6) is 0 Å². The van der Waals surface area contributed by atoms with Crippen LogP contribution >= 0.6 is 11.6 Å². The molecule has 3 aromatic rings. The second-order valence-electron chi connectivity index (χ2n) is 8.74. The van der Waals surface area contributed by atoms with E-state index in [0.717, 1.165) is 0 Å². The predicted octanol–water partition coefficient (Wildman–Crippen LogP) is 4.66. The van der Waals surface area contributed by atoms with Gasteiger partial charge in [-0.1, -0.05) is 60.1 Å². The highest BCUT2D eigenvalue weighted by Gasteiger charge is 2.55. The van der Waals surface area contributed by atoms with Crippen molar-refractivity contribution < 1.29 is 19.5 Å². The number of amides is 2. The van der Waals surface area contributed by atoms with E-state index < -0.39 is 41.0 Å². The molecule has 6 nitrogen and oxygen atoms in total. The van der Waals surface area contributed by atoms with Gasteiger partial charge in [0.1, 0.15) is 11.7 Å². The molecule has 0 aromatic heterocycles. The first-order chi connectivity index (χ1) is 16.3. The molecule has 4 rings (SSSR count). The van der Waals surface area contributed by atoms with Crippen molar-refractivity contribution in [1.82, 2.24) is 0 Å². The summed E-state index contributed by atoms with van der Waals surface area (Å²) in [5.74, 6) is -4.57. The summed E-state index contributed by atoms with van der Waals surface area (Å²) in [6.45, 7) is 1.47. The average molecular weight is 477 g/mol. The quantitative estimate of drug-likeness (QED) is 0.467. The van der Waals surface area contributed by atoms with E-state index in [9.17, 15) is 19.5 Å². The lowest BCUT2D eigenvalue weighted by molar-refractivity contribution is -0.150. The van der Waals surface area contributed by atoms with Gasteiger partial charge in [0.05, 0.1) is 11.5 Å². The van der Waals surface area contributed by atoms with Crippen molar-refractivity contribution in [1.29, 1.82) is 0 Å². The number of aliphatic hydroxyl groups is 1. The number of anilines is 2. The van der Waals surface area contributed by atoms with E-state index in [2.05, 4.69) is 10.6 Å². The van der Waals surface area contributed by atoms with Crippen LogP contribution in [0, 0.1) is 11.8 Å². The molecule has 1 saturated carbocycles. The first kappa shape index (κ1) is 23.7. The Kier molecular flexibility index (Phi) is 6.82. The van der Waals surface area contributed by atoms with Crippen LogP contribution in [0.25, 0.3) is 0 Å². The Balaban J connectivity index is 1.76. The summed E-state index contributed by atoms with van der Waals surface area (Å²) in [5, 5.41) is 17.4. The molecule has 0 aliphatic heterocycles. The standard InChI is InChI=1S/C27H25ClN2O4/c1-27(34)16-21(31)23(25(32)29-19-8-4-2-5-9-19)22(17-12-14-18(28)15-13-17)24(27)26(33)30-20-10-6-3-7-11-20/h2-15,22-24,34H,16H2,1H3,(H,29,32)(H,30,33). The van der Waals surface area contributed by atoms with Gasteiger partial charge in [-0.25, -0.2) is 0 Å². The lowest BCUT2D eigenvalue weighted by atomic mass is 9.61. The Bertz CT molecular complexity index is 1180. The Morgan fingerprint density at radius 2 is 1.35 bits per heavy atom. The lowest BCUT2D eigenvalue weighted by Gasteiger charge is -2.44. The maximum absolute atomic E-state index is 13.5. The molecule has 1 aliphatic carbocycles. The van der Waals surface area contributed by atoms with Gasteiger partial charge in [0.15, 0.2) is 0 Å². The number of carbonyl (C=O) groups is 3. The van der Waals surface area contributed by atoms with Gasteiger partial charge in [-0.2, -0.15) is 0 Å². The van der Waals surface area contributed by atoms with E-state index in [1.54, 1.807) is 72.8 Å². The van der Waals surface area contributed by atoms with Crippen LogP contribution in [0.15, 0.2) is 84.9 Å². The molecule has 3 aromatic carbocycles. The molecule has 34 heavy (non-hydrogen) atoms. The number of benzene rings is 3. The molecule has 174 valence electrons. The summed E-state index contributed by atoms with van der Waals surface area (Å²) in [6, 6.07) is 24.3. The van der Waals surface area contributed by atoms with Gasteiger partial charge in [0.25, 0.3) is 0 Å². The van der Waals surface area contributed by atoms with Crippen molar-refractivity contribution in [2.45, 2.75) is 24.9 Å². The fourth-order valence-corrected chi connectivity index (χ4v) is 4.79. The smallest absolute Gasteiger partial charge is 0.235 e. The molecule has 2 amide bonds. The van der Waals surface area contributed by atoms with Crippen LogP contribution in [0.1, 0.15) is 24.8 Å². The number of nitrogens with one attached hydrogen (secondary N) is 2. The molecule has 0 radical (unpaired) electrons. The Labute approximate surface area is 203 Å². The third-order valence-electron chi connectivity index (χ3n) is 6.17. The molecule has 0 spiro atoms. The first-order valence-corrected chi connectivity index (χ1v) is 11.4. The third-order valence-corrected chi connectivity index (χ3v) is 6.42. The fourth-order valence-electron chi connectivity index (χ4n) is 4.66. The van der Waals surface area contributed by atoms with Crippen molar-refractivity contribution in [3.63, 3.8) is 0 Å². The van der Waals surface area contributed by atoms with Crippen molar-refractivity contribution in [3.05, 3.63) is 95.5 Å². The summed E-state index contributed by atoms with van der Waals surface area (Å²) < 4.78 is 0. The lowest BCUT2D eigenvalue weighted by Crippen LogP contribution is -2.56. The Morgan fingerprint density at radius 1 is 0.853 bits per heavy atom. The van der Waals surface area contributed by atoms with Crippen molar-refractivity contribution in [2.24, 2.45) is 11.8 Å². The molecule has 1 aliphatic rings. The SMILES string of the molecule is CC1(O)CC(=O)C(C(=O)Nc2ccccc2)C(c2ccc(Cl)cc2)C1C(=O)Nc1ccccc1. The van der Waals surface area contributed by atoms with E-state index in [-0.39, 0.29) is 6.42 Å². The number of Topliss-reactive ketones (excluding diaryl/α,β-unsaturated/α-hetero) is 1. The number of ketones is 1. The molecule has 3 N–H and O–H groups in total. The van der Waals surface area contributed by atoms with Crippen LogP contribution in [0.3, 0.4) is 0 Å². The van der Waals surface area contributed by atoms with E-state index in [4.69, 9.17) is 11.6 Å². The molecule has 1 fully saturated rings. The van der Waals surface area contributed by atoms with Crippen molar-refractivity contribution >= 4 is 40.6 Å². The normalized spacial score (nSPS) is 24.3. The minimum atomic E-state index is -1.66. The number of hydrogen-bond donors (Lipinski definition) is 3. The summed E-state index contributed by atoms with van der Waals surface area (Å²) in [6.07, 6.45) is -0.323. The van der Waals surface area contributed by atoms with Crippen LogP contribution in [-0.4, -0.2) is 28.3 Å². The van der Waals surface area contributed by atoms with Crippen LogP contribution in [-0.2, 0) is 14.4 Å². The van der Waals surface area contributed by atoms with Gasteiger partial charge >= 0.3 is 0 Å². The van der Waals surface area contributed by atoms with Gasteiger partial charge in [-0.15, -0.1) is 0 Å². The van der Waals surface area contributed by atoms with E-state index in [1.165, 1.54) is 6.92 Å².